The molecule has 1 aromatic heterocycles. The van der Waals surface area contributed by atoms with Crippen LogP contribution in [0.25, 0.3) is 11.0 Å². The number of aliphatic hydroxyl groups excluding tert-OH is 1. The van der Waals surface area contributed by atoms with Crippen LogP contribution in [0.4, 0.5) is 0 Å². The van der Waals surface area contributed by atoms with E-state index in [9.17, 15) is 9.90 Å². The first kappa shape index (κ1) is 12.6. The molecule has 2 unspecified atom stereocenters. The third-order valence-electron chi connectivity index (χ3n) is 2.95. The van der Waals surface area contributed by atoms with Gasteiger partial charge in [-0.1, -0.05) is 12.1 Å². The molecule has 0 spiro atoms. The molecule has 5 nitrogen and oxygen atoms in total. The monoisotopic (exact) mass is 247 g/mol. The predicted molar refractivity (Wildman–Crippen MR) is 69.0 cm³/mol. The highest BCUT2D eigenvalue weighted by Gasteiger charge is 2.18. The molecule has 0 fully saturated rings. The minimum Gasteiger partial charge on any atom is -0.384 e. The van der Waals surface area contributed by atoms with E-state index in [0.29, 0.717) is 0 Å². The number of nitrogens with zero attached hydrogens (tertiary/aromatic N) is 2. The number of benzene rings is 1. The van der Waals surface area contributed by atoms with E-state index in [1.165, 1.54) is 6.92 Å². The van der Waals surface area contributed by atoms with E-state index < -0.39 is 12.0 Å². The van der Waals surface area contributed by atoms with Gasteiger partial charge < -0.3 is 15.0 Å². The number of hydrogen-bond acceptors (Lipinski definition) is 3. The molecule has 18 heavy (non-hydrogen) atoms. The van der Waals surface area contributed by atoms with Gasteiger partial charge in [0.2, 0.25) is 5.91 Å². The first-order chi connectivity index (χ1) is 8.50. The van der Waals surface area contributed by atoms with Gasteiger partial charge in [-0.05, 0) is 26.0 Å². The summed E-state index contributed by atoms with van der Waals surface area (Å²) in [5, 5.41) is 11.9. The van der Waals surface area contributed by atoms with Crippen molar-refractivity contribution in [2.75, 3.05) is 0 Å². The van der Waals surface area contributed by atoms with Gasteiger partial charge in [-0.25, -0.2) is 4.98 Å². The van der Waals surface area contributed by atoms with Crippen molar-refractivity contribution in [3.05, 3.63) is 30.1 Å². The molecule has 1 heterocycles. The Morgan fingerprint density at radius 3 is 2.67 bits per heavy atom. The zero-order chi connectivity index (χ0) is 13.3. The zero-order valence-corrected chi connectivity index (χ0v) is 10.7. The molecule has 0 bridgehead atoms. The van der Waals surface area contributed by atoms with Crippen molar-refractivity contribution in [1.82, 2.24) is 14.9 Å². The highest BCUT2D eigenvalue weighted by molar-refractivity contribution is 5.80. The fourth-order valence-electron chi connectivity index (χ4n) is 1.95. The van der Waals surface area contributed by atoms with Crippen LogP contribution in [0.1, 0.15) is 25.7 Å². The molecule has 0 aliphatic heterocycles. The van der Waals surface area contributed by atoms with E-state index in [4.69, 9.17) is 0 Å². The van der Waals surface area contributed by atoms with Gasteiger partial charge in [0.05, 0.1) is 17.1 Å². The maximum absolute atomic E-state index is 11.5. The Bertz CT molecular complexity index is 575. The molecule has 5 heteroatoms. The summed E-state index contributed by atoms with van der Waals surface area (Å²) in [7, 11) is 1.91. The van der Waals surface area contributed by atoms with E-state index in [0.717, 1.165) is 16.9 Å². The minimum atomic E-state index is -1.01. The Morgan fingerprint density at radius 2 is 2.06 bits per heavy atom. The quantitative estimate of drug-likeness (QED) is 0.854. The highest BCUT2D eigenvalue weighted by Crippen LogP contribution is 2.19. The first-order valence-corrected chi connectivity index (χ1v) is 5.90. The van der Waals surface area contributed by atoms with Crippen LogP contribution in [0, 0.1) is 0 Å². The predicted octanol–water partition coefficient (Wildman–Crippen LogP) is 1.13. The van der Waals surface area contributed by atoms with E-state index in [1.54, 1.807) is 0 Å². The van der Waals surface area contributed by atoms with Crippen molar-refractivity contribution in [3.8, 4) is 0 Å². The summed E-state index contributed by atoms with van der Waals surface area (Å²) in [4.78, 5) is 15.9. The normalized spacial score (nSPS) is 14.4. The maximum Gasteiger partial charge on any atom is 0.249 e. The standard InChI is InChI=1S/C13H17N3O2/c1-8(14-13(18)9(2)17)12-15-10-6-4-5-7-11(10)16(12)3/h4-9,17H,1-3H3,(H,14,18). The van der Waals surface area contributed by atoms with Gasteiger partial charge in [0.15, 0.2) is 0 Å². The number of carbonyl (C=O) groups is 1. The van der Waals surface area contributed by atoms with Crippen molar-refractivity contribution in [2.45, 2.75) is 26.0 Å². The van der Waals surface area contributed by atoms with Crippen LogP contribution in [0.2, 0.25) is 0 Å². The minimum absolute atomic E-state index is 0.246. The van der Waals surface area contributed by atoms with Crippen molar-refractivity contribution in [3.63, 3.8) is 0 Å². The summed E-state index contributed by atoms with van der Waals surface area (Å²) in [5.41, 5.74) is 1.92. The van der Waals surface area contributed by atoms with Crippen molar-refractivity contribution >= 4 is 16.9 Å². The average molecular weight is 247 g/mol. The summed E-state index contributed by atoms with van der Waals surface area (Å²) < 4.78 is 1.95. The molecule has 0 saturated carbocycles. The molecular weight excluding hydrogens is 230 g/mol. The zero-order valence-electron chi connectivity index (χ0n) is 10.7. The number of aryl methyl sites for hydroxylation is 1. The van der Waals surface area contributed by atoms with Crippen LogP contribution in [0.15, 0.2) is 24.3 Å². The molecular formula is C13H17N3O2. The van der Waals surface area contributed by atoms with E-state index >= 15 is 0 Å². The Labute approximate surface area is 105 Å². The summed E-state index contributed by atoms with van der Waals surface area (Å²) >= 11 is 0. The van der Waals surface area contributed by atoms with Crippen LogP contribution in [-0.2, 0) is 11.8 Å². The molecule has 0 aliphatic carbocycles. The van der Waals surface area contributed by atoms with Crippen molar-refractivity contribution in [2.24, 2.45) is 7.05 Å². The summed E-state index contributed by atoms with van der Waals surface area (Å²) in [5.74, 6) is 0.375. The van der Waals surface area contributed by atoms with Gasteiger partial charge in [-0.15, -0.1) is 0 Å². The summed E-state index contributed by atoms with van der Waals surface area (Å²) in [6, 6.07) is 7.55. The maximum atomic E-state index is 11.5. The van der Waals surface area contributed by atoms with Crippen LogP contribution in [-0.4, -0.2) is 26.7 Å². The first-order valence-electron chi connectivity index (χ1n) is 5.90. The molecule has 2 N–H and O–H groups in total. The smallest absolute Gasteiger partial charge is 0.249 e. The Balaban J connectivity index is 2.30. The fourth-order valence-corrected chi connectivity index (χ4v) is 1.95. The Kier molecular flexibility index (Phi) is 3.34. The number of amides is 1. The number of aliphatic hydroxyl groups is 1. The molecule has 2 atom stereocenters. The SMILES string of the molecule is CC(O)C(=O)NC(C)c1nc2ccccc2n1C. The number of para-hydroxylation sites is 2. The lowest BCUT2D eigenvalue weighted by Gasteiger charge is -2.14. The van der Waals surface area contributed by atoms with E-state index in [1.807, 2.05) is 42.8 Å². The molecule has 1 aromatic carbocycles. The van der Waals surface area contributed by atoms with E-state index in [2.05, 4.69) is 10.3 Å². The number of carbonyl (C=O) groups excluding carboxylic acids is 1. The number of imidazole rings is 1. The lowest BCUT2D eigenvalue weighted by Crippen LogP contribution is -2.35. The second-order valence-electron chi connectivity index (χ2n) is 4.42. The third-order valence-corrected chi connectivity index (χ3v) is 2.95. The highest BCUT2D eigenvalue weighted by atomic mass is 16.3. The Morgan fingerprint density at radius 1 is 1.39 bits per heavy atom. The molecule has 0 saturated heterocycles. The second kappa shape index (κ2) is 4.78. The lowest BCUT2D eigenvalue weighted by molar-refractivity contribution is -0.129. The summed E-state index contributed by atoms with van der Waals surface area (Å²) in [6.45, 7) is 3.29. The van der Waals surface area contributed by atoms with Crippen LogP contribution < -0.4 is 5.32 Å². The molecule has 2 rings (SSSR count). The second-order valence-corrected chi connectivity index (χ2v) is 4.42. The molecule has 1 amide bonds. The fraction of sp³-hybridized carbons (Fsp3) is 0.385. The third kappa shape index (κ3) is 2.22. The molecule has 96 valence electrons. The van der Waals surface area contributed by atoms with Gasteiger partial charge in [-0.3, -0.25) is 4.79 Å². The number of rotatable bonds is 3. The number of nitrogens with one attached hydrogen (secondary N) is 1. The van der Waals surface area contributed by atoms with Gasteiger partial charge in [0.25, 0.3) is 0 Å². The van der Waals surface area contributed by atoms with Crippen molar-refractivity contribution in [1.29, 1.82) is 0 Å². The average Bonchev–Trinajstić information content (AvgIpc) is 2.67. The molecule has 0 radical (unpaired) electrons. The van der Waals surface area contributed by atoms with Gasteiger partial charge in [0, 0.05) is 7.05 Å². The lowest BCUT2D eigenvalue weighted by atomic mass is 10.3. The molecule has 2 aromatic rings. The van der Waals surface area contributed by atoms with Crippen LogP contribution >= 0.6 is 0 Å². The molecule has 0 aliphatic rings. The van der Waals surface area contributed by atoms with Crippen LogP contribution in [0.5, 0.6) is 0 Å². The number of hydrogen-bond donors (Lipinski definition) is 2. The van der Waals surface area contributed by atoms with Gasteiger partial charge >= 0.3 is 0 Å². The topological polar surface area (TPSA) is 67.2 Å². The van der Waals surface area contributed by atoms with Gasteiger partial charge in [0.1, 0.15) is 11.9 Å². The summed E-state index contributed by atoms with van der Waals surface area (Å²) in [6.07, 6.45) is -1.01. The Hall–Kier alpha value is -1.88. The van der Waals surface area contributed by atoms with E-state index in [-0.39, 0.29) is 6.04 Å². The van der Waals surface area contributed by atoms with Gasteiger partial charge in [-0.2, -0.15) is 0 Å². The van der Waals surface area contributed by atoms with Crippen LogP contribution in [0.3, 0.4) is 0 Å². The largest absolute Gasteiger partial charge is 0.384 e. The van der Waals surface area contributed by atoms with Crippen molar-refractivity contribution < 1.29 is 9.90 Å². The number of fused-ring (bicyclic) bond motifs is 1. The number of aromatic nitrogens is 2.